The van der Waals surface area contributed by atoms with Crippen LogP contribution >= 0.6 is 11.3 Å². The molecular formula is C21H26N6O3S. The summed E-state index contributed by atoms with van der Waals surface area (Å²) in [7, 11) is 0. The van der Waals surface area contributed by atoms with E-state index >= 15 is 0 Å². The van der Waals surface area contributed by atoms with Gasteiger partial charge in [0.25, 0.3) is 5.91 Å². The van der Waals surface area contributed by atoms with Gasteiger partial charge in [0.2, 0.25) is 5.91 Å². The molecule has 31 heavy (non-hydrogen) atoms. The third-order valence-electron chi connectivity index (χ3n) is 5.12. The van der Waals surface area contributed by atoms with Gasteiger partial charge in [0.15, 0.2) is 0 Å². The molecule has 4 heterocycles. The summed E-state index contributed by atoms with van der Waals surface area (Å²) in [6.07, 6.45) is 1.31. The molecule has 0 radical (unpaired) electrons. The smallest absolute Gasteiger partial charge is 0.262 e. The number of nitrogens with zero attached hydrogens (tertiary/aromatic N) is 5. The second-order valence-electron chi connectivity index (χ2n) is 7.89. The molecule has 1 N–H and O–H groups in total. The zero-order chi connectivity index (χ0) is 22.1. The summed E-state index contributed by atoms with van der Waals surface area (Å²) in [6, 6.07) is 3.81. The Kier molecular flexibility index (Phi) is 6.01. The van der Waals surface area contributed by atoms with Gasteiger partial charge in [-0.15, -0.1) is 11.3 Å². The Morgan fingerprint density at radius 2 is 2.16 bits per heavy atom. The normalized spacial score (nSPS) is 16.8. The highest BCUT2D eigenvalue weighted by atomic mass is 32.1. The van der Waals surface area contributed by atoms with Crippen LogP contribution < -0.4 is 5.32 Å². The molecule has 0 aliphatic carbocycles. The summed E-state index contributed by atoms with van der Waals surface area (Å²) in [5.74, 6) is 1.15. The SMILES string of the molecule is Cc1nc(C)n(CC(=O)N2CCOC(c3c(C(=O)NC(C)C)sc4ncccc34)C2)n1. The molecule has 1 unspecified atom stereocenters. The number of carbonyl (C=O) groups excluding carboxylic acids is 2. The van der Waals surface area contributed by atoms with Crippen molar-refractivity contribution in [3.8, 4) is 0 Å². The molecule has 0 spiro atoms. The molecule has 1 aliphatic rings. The molecule has 3 aromatic heterocycles. The van der Waals surface area contributed by atoms with E-state index in [1.54, 1.807) is 22.7 Å². The molecule has 3 aromatic rings. The number of rotatable bonds is 5. The highest BCUT2D eigenvalue weighted by molar-refractivity contribution is 7.20. The number of fused-ring (bicyclic) bond motifs is 1. The van der Waals surface area contributed by atoms with Gasteiger partial charge in [-0.1, -0.05) is 6.07 Å². The van der Waals surface area contributed by atoms with Crippen LogP contribution in [-0.4, -0.2) is 62.2 Å². The molecular weight excluding hydrogens is 416 g/mol. The third kappa shape index (κ3) is 4.45. The first kappa shape index (κ1) is 21.4. The number of aromatic nitrogens is 4. The fraction of sp³-hybridized carbons (Fsp3) is 0.476. The molecule has 0 aromatic carbocycles. The molecule has 1 saturated heterocycles. The maximum atomic E-state index is 13.0. The van der Waals surface area contributed by atoms with E-state index in [9.17, 15) is 9.59 Å². The average molecular weight is 443 g/mol. The van der Waals surface area contributed by atoms with Gasteiger partial charge < -0.3 is 15.0 Å². The number of pyridine rings is 1. The van der Waals surface area contributed by atoms with Crippen LogP contribution in [0.15, 0.2) is 18.3 Å². The molecule has 9 nitrogen and oxygen atoms in total. The molecule has 1 atom stereocenters. The Hall–Kier alpha value is -2.85. The Morgan fingerprint density at radius 1 is 1.35 bits per heavy atom. The Morgan fingerprint density at radius 3 is 2.87 bits per heavy atom. The van der Waals surface area contributed by atoms with Crippen LogP contribution in [0.3, 0.4) is 0 Å². The van der Waals surface area contributed by atoms with Gasteiger partial charge in [-0.05, 0) is 33.8 Å². The van der Waals surface area contributed by atoms with E-state index in [-0.39, 0.29) is 24.4 Å². The Bertz CT molecular complexity index is 1120. The summed E-state index contributed by atoms with van der Waals surface area (Å²) < 4.78 is 7.67. The van der Waals surface area contributed by atoms with Crippen LogP contribution in [0.2, 0.25) is 0 Å². The van der Waals surface area contributed by atoms with Crippen molar-refractivity contribution in [1.82, 2.24) is 30.0 Å². The van der Waals surface area contributed by atoms with Gasteiger partial charge in [0.1, 0.15) is 34.0 Å². The summed E-state index contributed by atoms with van der Waals surface area (Å²) >= 11 is 1.36. The fourth-order valence-corrected chi connectivity index (χ4v) is 4.85. The fourth-order valence-electron chi connectivity index (χ4n) is 3.76. The number of morpholine rings is 1. The van der Waals surface area contributed by atoms with Crippen molar-refractivity contribution in [2.75, 3.05) is 19.7 Å². The lowest BCUT2D eigenvalue weighted by atomic mass is 10.0. The van der Waals surface area contributed by atoms with Gasteiger partial charge in [-0.3, -0.25) is 9.59 Å². The van der Waals surface area contributed by atoms with Crippen LogP contribution in [0.1, 0.15) is 46.8 Å². The van der Waals surface area contributed by atoms with Crippen LogP contribution in [0.25, 0.3) is 10.2 Å². The van der Waals surface area contributed by atoms with E-state index in [1.165, 1.54) is 11.3 Å². The summed E-state index contributed by atoms with van der Waals surface area (Å²) in [5.41, 5.74) is 0.802. The van der Waals surface area contributed by atoms with Crippen LogP contribution in [0.5, 0.6) is 0 Å². The molecule has 4 rings (SSSR count). The van der Waals surface area contributed by atoms with Crippen LogP contribution in [0.4, 0.5) is 0 Å². The average Bonchev–Trinajstić information content (AvgIpc) is 3.27. The lowest BCUT2D eigenvalue weighted by molar-refractivity contribution is -0.139. The van der Waals surface area contributed by atoms with E-state index in [2.05, 4.69) is 20.4 Å². The zero-order valence-corrected chi connectivity index (χ0v) is 18.9. The maximum absolute atomic E-state index is 13.0. The summed E-state index contributed by atoms with van der Waals surface area (Å²) in [4.78, 5) is 37.7. The van der Waals surface area contributed by atoms with Gasteiger partial charge in [0.05, 0.1) is 13.2 Å². The monoisotopic (exact) mass is 442 g/mol. The minimum atomic E-state index is -0.401. The van der Waals surface area contributed by atoms with Gasteiger partial charge in [-0.25, -0.2) is 14.6 Å². The summed E-state index contributed by atoms with van der Waals surface area (Å²) in [5, 5.41) is 8.14. The minimum Gasteiger partial charge on any atom is -0.370 e. The molecule has 2 amide bonds. The first-order chi connectivity index (χ1) is 14.8. The highest BCUT2D eigenvalue weighted by Gasteiger charge is 2.32. The van der Waals surface area contributed by atoms with E-state index in [4.69, 9.17) is 4.74 Å². The topological polar surface area (TPSA) is 102 Å². The maximum Gasteiger partial charge on any atom is 0.262 e. The predicted molar refractivity (Wildman–Crippen MR) is 117 cm³/mol. The van der Waals surface area contributed by atoms with Crippen molar-refractivity contribution in [3.63, 3.8) is 0 Å². The molecule has 1 aliphatic heterocycles. The number of nitrogens with one attached hydrogen (secondary N) is 1. The Balaban J connectivity index is 1.61. The molecule has 0 bridgehead atoms. The first-order valence-electron chi connectivity index (χ1n) is 10.3. The zero-order valence-electron chi connectivity index (χ0n) is 18.1. The second-order valence-corrected chi connectivity index (χ2v) is 8.89. The van der Waals surface area contributed by atoms with Crippen molar-refractivity contribution in [2.45, 2.75) is 46.4 Å². The number of ether oxygens (including phenoxy) is 1. The molecule has 10 heteroatoms. The largest absolute Gasteiger partial charge is 0.370 e. The number of amides is 2. The molecule has 0 saturated carbocycles. The molecule has 1 fully saturated rings. The highest BCUT2D eigenvalue weighted by Crippen LogP contribution is 2.37. The minimum absolute atomic E-state index is 0.0123. The van der Waals surface area contributed by atoms with Crippen molar-refractivity contribution >= 4 is 33.4 Å². The number of aryl methyl sites for hydroxylation is 2. The third-order valence-corrected chi connectivity index (χ3v) is 6.25. The number of carbonyl (C=O) groups is 2. The van der Waals surface area contributed by atoms with Crippen molar-refractivity contribution in [2.24, 2.45) is 0 Å². The van der Waals surface area contributed by atoms with E-state index in [0.717, 1.165) is 15.8 Å². The van der Waals surface area contributed by atoms with Gasteiger partial charge in [-0.2, -0.15) is 5.10 Å². The molecule has 164 valence electrons. The summed E-state index contributed by atoms with van der Waals surface area (Å²) in [6.45, 7) is 8.88. The Labute approximate surface area is 184 Å². The van der Waals surface area contributed by atoms with E-state index in [1.807, 2.05) is 32.9 Å². The van der Waals surface area contributed by atoms with E-state index in [0.29, 0.717) is 36.2 Å². The number of thiophene rings is 1. The predicted octanol–water partition coefficient (Wildman–Crippen LogP) is 2.24. The van der Waals surface area contributed by atoms with E-state index < -0.39 is 6.10 Å². The lowest BCUT2D eigenvalue weighted by Crippen LogP contribution is -2.44. The van der Waals surface area contributed by atoms with Gasteiger partial charge >= 0.3 is 0 Å². The van der Waals surface area contributed by atoms with Crippen molar-refractivity contribution in [1.29, 1.82) is 0 Å². The second kappa shape index (κ2) is 8.72. The number of hydrogen-bond donors (Lipinski definition) is 1. The quantitative estimate of drug-likeness (QED) is 0.650. The lowest BCUT2D eigenvalue weighted by Gasteiger charge is -2.33. The van der Waals surface area contributed by atoms with Crippen LogP contribution in [-0.2, 0) is 16.1 Å². The van der Waals surface area contributed by atoms with Crippen molar-refractivity contribution in [3.05, 3.63) is 40.4 Å². The first-order valence-corrected chi connectivity index (χ1v) is 11.1. The van der Waals surface area contributed by atoms with Crippen molar-refractivity contribution < 1.29 is 14.3 Å². The standard InChI is InChI=1S/C21H26N6O3S/c1-12(2)23-20(29)19-18(15-6-5-7-22-21(15)31-19)16-10-26(8-9-30-16)17(28)11-27-14(4)24-13(3)25-27/h5-7,12,16H,8-11H2,1-4H3,(H,23,29). The number of hydrogen-bond acceptors (Lipinski definition) is 7. The van der Waals surface area contributed by atoms with Crippen LogP contribution in [0, 0.1) is 13.8 Å². The van der Waals surface area contributed by atoms with Gasteiger partial charge in [0, 0.05) is 29.7 Å².